The average Bonchev–Trinajstić information content (AvgIpc) is 3.17. The number of piperidine rings is 1. The number of aliphatic hydroxyl groups is 1. The van der Waals surface area contributed by atoms with Gasteiger partial charge in [0.15, 0.2) is 0 Å². The highest BCUT2D eigenvalue weighted by molar-refractivity contribution is 5.94. The maximum atomic E-state index is 12.6. The van der Waals surface area contributed by atoms with Gasteiger partial charge >= 0.3 is 0 Å². The molecule has 2 aromatic rings. The van der Waals surface area contributed by atoms with Gasteiger partial charge in [0.25, 0.3) is 5.91 Å². The van der Waals surface area contributed by atoms with Crippen molar-refractivity contribution in [1.29, 1.82) is 0 Å². The molecule has 1 amide bonds. The van der Waals surface area contributed by atoms with E-state index in [1.54, 1.807) is 12.5 Å². The minimum Gasteiger partial charge on any atom is -0.472 e. The number of carbonyl (C=O) groups excluding carboxylic acids is 1. The van der Waals surface area contributed by atoms with Crippen LogP contribution >= 0.6 is 0 Å². The lowest BCUT2D eigenvalue weighted by Gasteiger charge is -2.34. The van der Waals surface area contributed by atoms with Gasteiger partial charge < -0.3 is 19.4 Å². The van der Waals surface area contributed by atoms with E-state index in [0.717, 1.165) is 43.5 Å². The minimum absolute atomic E-state index is 0.0430. The van der Waals surface area contributed by atoms with Crippen LogP contribution in [0.15, 0.2) is 35.3 Å². The molecule has 0 spiro atoms. The molecule has 3 rings (SSSR count). The monoisotopic (exact) mass is 316 g/mol. The van der Waals surface area contributed by atoms with Crippen LogP contribution in [0.3, 0.4) is 0 Å². The molecule has 5 nitrogen and oxygen atoms in total. The van der Waals surface area contributed by atoms with Gasteiger partial charge in [-0.15, -0.1) is 0 Å². The predicted octanol–water partition coefficient (Wildman–Crippen LogP) is 3.29. The molecule has 1 saturated heterocycles. The number of hydrogen-bond donors (Lipinski definition) is 2. The Morgan fingerprint density at radius 2 is 2.13 bits per heavy atom. The van der Waals surface area contributed by atoms with Crippen LogP contribution in [-0.4, -0.2) is 39.6 Å². The molecule has 0 aromatic carbocycles. The second-order valence-electron chi connectivity index (χ2n) is 7.07. The number of rotatable bonds is 4. The first-order chi connectivity index (χ1) is 10.9. The van der Waals surface area contributed by atoms with Crippen LogP contribution in [0.5, 0.6) is 0 Å². The van der Waals surface area contributed by atoms with E-state index in [0.29, 0.717) is 11.6 Å². The number of nitrogens with zero attached hydrogens (tertiary/aromatic N) is 1. The third kappa shape index (κ3) is 3.85. The second-order valence-corrected chi connectivity index (χ2v) is 7.07. The molecular formula is C18H24N2O3. The van der Waals surface area contributed by atoms with Crippen molar-refractivity contribution in [1.82, 2.24) is 9.88 Å². The summed E-state index contributed by atoms with van der Waals surface area (Å²) >= 11 is 0. The van der Waals surface area contributed by atoms with Crippen molar-refractivity contribution in [3.05, 3.63) is 36.5 Å². The van der Waals surface area contributed by atoms with Gasteiger partial charge in [-0.2, -0.15) is 0 Å². The SMILES string of the molecule is CC(C)(O)CC1CCN(C(=O)c2cc(-c3ccoc3)c[nH]2)CC1. The number of furan rings is 1. The molecule has 0 radical (unpaired) electrons. The summed E-state index contributed by atoms with van der Waals surface area (Å²) < 4.78 is 5.08. The van der Waals surface area contributed by atoms with E-state index >= 15 is 0 Å². The molecule has 1 fully saturated rings. The van der Waals surface area contributed by atoms with Crippen LogP contribution in [0.2, 0.25) is 0 Å². The fourth-order valence-corrected chi connectivity index (χ4v) is 3.33. The highest BCUT2D eigenvalue weighted by atomic mass is 16.3. The summed E-state index contributed by atoms with van der Waals surface area (Å²) in [6, 6.07) is 3.75. The number of likely N-dealkylation sites (tertiary alicyclic amines) is 1. The zero-order valence-corrected chi connectivity index (χ0v) is 13.7. The van der Waals surface area contributed by atoms with E-state index in [1.807, 2.05) is 37.1 Å². The largest absolute Gasteiger partial charge is 0.472 e. The Morgan fingerprint density at radius 3 is 2.74 bits per heavy atom. The molecule has 0 unspecified atom stereocenters. The van der Waals surface area contributed by atoms with Crippen LogP contribution in [0, 0.1) is 5.92 Å². The van der Waals surface area contributed by atoms with Crippen molar-refractivity contribution in [2.45, 2.75) is 38.7 Å². The van der Waals surface area contributed by atoms with Crippen molar-refractivity contribution >= 4 is 5.91 Å². The molecule has 2 aromatic heterocycles. The van der Waals surface area contributed by atoms with Crippen LogP contribution in [0.25, 0.3) is 11.1 Å². The normalized spacial score (nSPS) is 16.7. The number of aromatic amines is 1. The summed E-state index contributed by atoms with van der Waals surface area (Å²) in [6.45, 7) is 5.20. The molecule has 2 N–H and O–H groups in total. The fraction of sp³-hybridized carbons (Fsp3) is 0.500. The van der Waals surface area contributed by atoms with E-state index in [-0.39, 0.29) is 5.91 Å². The summed E-state index contributed by atoms with van der Waals surface area (Å²) in [5.41, 5.74) is 1.90. The average molecular weight is 316 g/mol. The van der Waals surface area contributed by atoms with E-state index < -0.39 is 5.60 Å². The molecule has 0 atom stereocenters. The van der Waals surface area contributed by atoms with Gasteiger partial charge in [0.05, 0.1) is 18.1 Å². The first kappa shape index (κ1) is 15.9. The third-order valence-electron chi connectivity index (χ3n) is 4.46. The van der Waals surface area contributed by atoms with E-state index in [2.05, 4.69) is 4.98 Å². The zero-order valence-electron chi connectivity index (χ0n) is 13.7. The lowest BCUT2D eigenvalue weighted by Crippen LogP contribution is -2.40. The van der Waals surface area contributed by atoms with Crippen molar-refractivity contribution < 1.29 is 14.3 Å². The Balaban J connectivity index is 1.60. The maximum absolute atomic E-state index is 12.6. The van der Waals surface area contributed by atoms with Crippen LogP contribution in [0.4, 0.5) is 0 Å². The van der Waals surface area contributed by atoms with Crippen LogP contribution < -0.4 is 0 Å². The first-order valence-electron chi connectivity index (χ1n) is 8.15. The van der Waals surface area contributed by atoms with Gasteiger partial charge in [0.2, 0.25) is 0 Å². The smallest absolute Gasteiger partial charge is 0.270 e. The van der Waals surface area contributed by atoms with Gasteiger partial charge in [0.1, 0.15) is 5.69 Å². The van der Waals surface area contributed by atoms with E-state index in [9.17, 15) is 9.90 Å². The molecule has 23 heavy (non-hydrogen) atoms. The molecule has 0 saturated carbocycles. The molecule has 0 bridgehead atoms. The fourth-order valence-electron chi connectivity index (χ4n) is 3.33. The van der Waals surface area contributed by atoms with Crippen LogP contribution in [-0.2, 0) is 0 Å². The number of aromatic nitrogens is 1. The summed E-state index contributed by atoms with van der Waals surface area (Å²) in [5.74, 6) is 0.533. The van der Waals surface area contributed by atoms with Crippen molar-refractivity contribution in [2.75, 3.05) is 13.1 Å². The van der Waals surface area contributed by atoms with Gasteiger partial charge in [-0.1, -0.05) is 0 Å². The summed E-state index contributed by atoms with van der Waals surface area (Å²) in [6.07, 6.45) is 7.81. The molecule has 1 aliphatic heterocycles. The molecule has 0 aliphatic carbocycles. The minimum atomic E-state index is -0.629. The highest BCUT2D eigenvalue weighted by Gasteiger charge is 2.27. The summed E-state index contributed by atoms with van der Waals surface area (Å²) in [4.78, 5) is 17.6. The number of hydrogen-bond acceptors (Lipinski definition) is 3. The number of H-pyrrole nitrogens is 1. The zero-order chi connectivity index (χ0) is 16.4. The number of nitrogens with one attached hydrogen (secondary N) is 1. The standard InChI is InChI=1S/C18H24N2O3/c1-18(2,22)10-13-3-6-20(7-4-13)17(21)16-9-15(11-19-16)14-5-8-23-12-14/h5,8-9,11-13,19,22H,3-4,6-7,10H2,1-2H3. The molecule has 3 heterocycles. The van der Waals surface area contributed by atoms with Crippen LogP contribution in [0.1, 0.15) is 43.6 Å². The van der Waals surface area contributed by atoms with Gasteiger partial charge in [-0.05, 0) is 51.2 Å². The highest BCUT2D eigenvalue weighted by Crippen LogP contribution is 2.27. The summed E-state index contributed by atoms with van der Waals surface area (Å²) in [7, 11) is 0. The van der Waals surface area contributed by atoms with Crippen molar-refractivity contribution in [2.24, 2.45) is 5.92 Å². The van der Waals surface area contributed by atoms with Gasteiger partial charge in [0, 0.05) is 30.4 Å². The van der Waals surface area contributed by atoms with E-state index in [1.165, 1.54) is 0 Å². The summed E-state index contributed by atoms with van der Waals surface area (Å²) in [5, 5.41) is 9.92. The molecule has 5 heteroatoms. The Morgan fingerprint density at radius 1 is 1.39 bits per heavy atom. The lowest BCUT2D eigenvalue weighted by molar-refractivity contribution is 0.0357. The van der Waals surface area contributed by atoms with Gasteiger partial charge in [-0.3, -0.25) is 4.79 Å². The topological polar surface area (TPSA) is 69.5 Å². The Hall–Kier alpha value is -2.01. The second kappa shape index (κ2) is 6.24. The van der Waals surface area contributed by atoms with Crippen molar-refractivity contribution in [3.63, 3.8) is 0 Å². The quantitative estimate of drug-likeness (QED) is 0.909. The number of amides is 1. The lowest BCUT2D eigenvalue weighted by atomic mass is 9.86. The maximum Gasteiger partial charge on any atom is 0.270 e. The van der Waals surface area contributed by atoms with Crippen molar-refractivity contribution in [3.8, 4) is 11.1 Å². The Labute approximate surface area is 136 Å². The Bertz CT molecular complexity index is 644. The first-order valence-corrected chi connectivity index (χ1v) is 8.15. The van der Waals surface area contributed by atoms with E-state index in [4.69, 9.17) is 4.42 Å². The van der Waals surface area contributed by atoms with Gasteiger partial charge in [-0.25, -0.2) is 0 Å². The Kier molecular flexibility index (Phi) is 4.31. The predicted molar refractivity (Wildman–Crippen MR) is 88.0 cm³/mol. The number of carbonyl (C=O) groups is 1. The molecule has 124 valence electrons. The third-order valence-corrected chi connectivity index (χ3v) is 4.46. The molecule has 1 aliphatic rings. The molecular weight excluding hydrogens is 292 g/mol.